The van der Waals surface area contributed by atoms with Crippen LogP contribution in [0.4, 0.5) is 8.78 Å². The zero-order valence-electron chi connectivity index (χ0n) is 9.92. The van der Waals surface area contributed by atoms with Gasteiger partial charge in [-0.1, -0.05) is 31.5 Å². The van der Waals surface area contributed by atoms with Gasteiger partial charge in [0.15, 0.2) is 0 Å². The van der Waals surface area contributed by atoms with Crippen LogP contribution in [0.15, 0.2) is 24.3 Å². The van der Waals surface area contributed by atoms with Gasteiger partial charge in [-0.25, -0.2) is 18.7 Å². The SMILES string of the molecule is CC(C)c1nc(Cl)cc(-c2c(F)cccc2F)n1. The van der Waals surface area contributed by atoms with Gasteiger partial charge >= 0.3 is 0 Å². The summed E-state index contributed by atoms with van der Waals surface area (Å²) in [5, 5.41) is 0.173. The van der Waals surface area contributed by atoms with E-state index in [1.807, 2.05) is 13.8 Å². The van der Waals surface area contributed by atoms with Crippen molar-refractivity contribution in [3.05, 3.63) is 46.9 Å². The summed E-state index contributed by atoms with van der Waals surface area (Å²) in [5.41, 5.74) is -0.0157. The first-order chi connectivity index (χ1) is 8.49. The van der Waals surface area contributed by atoms with Crippen LogP contribution in [0.25, 0.3) is 11.3 Å². The molecule has 0 spiro atoms. The maximum absolute atomic E-state index is 13.7. The van der Waals surface area contributed by atoms with Crippen LogP contribution < -0.4 is 0 Å². The van der Waals surface area contributed by atoms with E-state index in [0.717, 1.165) is 0 Å². The van der Waals surface area contributed by atoms with Crippen LogP contribution in [0.1, 0.15) is 25.6 Å². The summed E-state index contributed by atoms with van der Waals surface area (Å²) in [5.74, 6) is -0.851. The Labute approximate surface area is 109 Å². The largest absolute Gasteiger partial charge is 0.232 e. The minimum atomic E-state index is -0.667. The third kappa shape index (κ3) is 2.48. The molecule has 0 aliphatic carbocycles. The fraction of sp³-hybridized carbons (Fsp3) is 0.231. The number of hydrogen-bond acceptors (Lipinski definition) is 2. The van der Waals surface area contributed by atoms with E-state index in [0.29, 0.717) is 5.82 Å². The highest BCUT2D eigenvalue weighted by Crippen LogP contribution is 2.27. The van der Waals surface area contributed by atoms with E-state index in [9.17, 15) is 8.78 Å². The Kier molecular flexibility index (Phi) is 3.57. The molecule has 0 N–H and O–H groups in total. The molecule has 18 heavy (non-hydrogen) atoms. The first kappa shape index (κ1) is 12.9. The highest BCUT2D eigenvalue weighted by Gasteiger charge is 2.15. The summed E-state index contributed by atoms with van der Waals surface area (Å²) in [7, 11) is 0. The summed E-state index contributed by atoms with van der Waals surface area (Å²) in [6, 6.07) is 5.03. The maximum atomic E-state index is 13.7. The van der Waals surface area contributed by atoms with Crippen LogP contribution in [0.2, 0.25) is 5.15 Å². The lowest BCUT2D eigenvalue weighted by Gasteiger charge is -2.09. The van der Waals surface area contributed by atoms with E-state index in [-0.39, 0.29) is 22.3 Å². The van der Waals surface area contributed by atoms with Crippen LogP contribution >= 0.6 is 11.6 Å². The molecule has 1 heterocycles. The average Bonchev–Trinajstić information content (AvgIpc) is 2.28. The van der Waals surface area contributed by atoms with Crippen molar-refractivity contribution in [2.45, 2.75) is 19.8 Å². The highest BCUT2D eigenvalue weighted by molar-refractivity contribution is 6.29. The van der Waals surface area contributed by atoms with Crippen LogP contribution in [0, 0.1) is 11.6 Å². The Bertz CT molecular complexity index is 565. The van der Waals surface area contributed by atoms with Gasteiger partial charge in [-0.3, -0.25) is 0 Å². The predicted octanol–water partition coefficient (Wildman–Crippen LogP) is 4.20. The summed E-state index contributed by atoms with van der Waals surface area (Å²) in [4.78, 5) is 8.18. The molecule has 1 aromatic heterocycles. The lowest BCUT2D eigenvalue weighted by molar-refractivity contribution is 0.588. The number of rotatable bonds is 2. The number of benzene rings is 1. The molecule has 0 fully saturated rings. The topological polar surface area (TPSA) is 25.8 Å². The summed E-state index contributed by atoms with van der Waals surface area (Å²) < 4.78 is 27.3. The number of hydrogen-bond donors (Lipinski definition) is 0. The van der Waals surface area contributed by atoms with E-state index < -0.39 is 11.6 Å². The van der Waals surface area contributed by atoms with Gasteiger partial charge in [-0.15, -0.1) is 0 Å². The fourth-order valence-electron chi connectivity index (χ4n) is 1.56. The number of halogens is 3. The fourth-order valence-corrected chi connectivity index (χ4v) is 1.75. The number of nitrogens with zero attached hydrogens (tertiary/aromatic N) is 2. The molecular weight excluding hydrogens is 258 g/mol. The Balaban J connectivity index is 2.64. The first-order valence-electron chi connectivity index (χ1n) is 5.48. The quantitative estimate of drug-likeness (QED) is 0.763. The standard InChI is InChI=1S/C13H11ClF2N2/c1-7(2)13-17-10(6-11(14)18-13)12-8(15)4-3-5-9(12)16/h3-7H,1-2H3. The zero-order chi connectivity index (χ0) is 13.3. The lowest BCUT2D eigenvalue weighted by Crippen LogP contribution is -2.01. The molecule has 2 nitrogen and oxygen atoms in total. The van der Waals surface area contributed by atoms with Crippen LogP contribution in [-0.2, 0) is 0 Å². The van der Waals surface area contributed by atoms with Gasteiger partial charge in [-0.05, 0) is 12.1 Å². The van der Waals surface area contributed by atoms with E-state index in [2.05, 4.69) is 9.97 Å². The van der Waals surface area contributed by atoms with Crippen LogP contribution in [0.3, 0.4) is 0 Å². The smallest absolute Gasteiger partial charge is 0.135 e. The van der Waals surface area contributed by atoms with Gasteiger partial charge in [-0.2, -0.15) is 0 Å². The van der Waals surface area contributed by atoms with Crippen molar-refractivity contribution in [2.75, 3.05) is 0 Å². The molecule has 0 unspecified atom stereocenters. The van der Waals surface area contributed by atoms with E-state index in [1.165, 1.54) is 24.3 Å². The van der Waals surface area contributed by atoms with Gasteiger partial charge in [0.2, 0.25) is 0 Å². The first-order valence-corrected chi connectivity index (χ1v) is 5.85. The van der Waals surface area contributed by atoms with Gasteiger partial charge < -0.3 is 0 Å². The van der Waals surface area contributed by atoms with Crippen molar-refractivity contribution < 1.29 is 8.78 Å². The van der Waals surface area contributed by atoms with E-state index in [1.54, 1.807) is 0 Å². The molecule has 0 radical (unpaired) electrons. The van der Waals surface area contributed by atoms with Crippen molar-refractivity contribution in [3.63, 3.8) is 0 Å². The Morgan fingerprint density at radius 1 is 1.11 bits per heavy atom. The third-order valence-electron chi connectivity index (χ3n) is 2.45. The van der Waals surface area contributed by atoms with Crippen LogP contribution in [0.5, 0.6) is 0 Å². The van der Waals surface area contributed by atoms with Gasteiger partial charge in [0.1, 0.15) is 22.6 Å². The van der Waals surface area contributed by atoms with Gasteiger partial charge in [0.05, 0.1) is 11.3 Å². The molecule has 94 valence electrons. The monoisotopic (exact) mass is 268 g/mol. The molecule has 0 aliphatic rings. The van der Waals surface area contributed by atoms with E-state index in [4.69, 9.17) is 11.6 Å². The lowest BCUT2D eigenvalue weighted by atomic mass is 10.1. The van der Waals surface area contributed by atoms with Crippen molar-refractivity contribution in [1.29, 1.82) is 0 Å². The van der Waals surface area contributed by atoms with Crippen molar-refractivity contribution in [2.24, 2.45) is 0 Å². The predicted molar refractivity (Wildman–Crippen MR) is 66.5 cm³/mol. The molecule has 0 amide bonds. The Hall–Kier alpha value is -1.55. The van der Waals surface area contributed by atoms with Crippen LogP contribution in [-0.4, -0.2) is 9.97 Å². The second-order valence-corrected chi connectivity index (χ2v) is 4.57. The second kappa shape index (κ2) is 4.98. The Morgan fingerprint density at radius 2 is 1.72 bits per heavy atom. The molecule has 2 aromatic rings. The van der Waals surface area contributed by atoms with E-state index >= 15 is 0 Å². The second-order valence-electron chi connectivity index (χ2n) is 4.19. The molecule has 0 saturated carbocycles. The molecule has 0 aliphatic heterocycles. The maximum Gasteiger partial charge on any atom is 0.135 e. The highest BCUT2D eigenvalue weighted by atomic mass is 35.5. The Morgan fingerprint density at radius 3 is 2.28 bits per heavy atom. The molecule has 0 bridgehead atoms. The zero-order valence-corrected chi connectivity index (χ0v) is 10.7. The molecule has 0 saturated heterocycles. The average molecular weight is 269 g/mol. The van der Waals surface area contributed by atoms with Crippen molar-refractivity contribution >= 4 is 11.6 Å². The summed E-state index contributed by atoms with van der Waals surface area (Å²) >= 11 is 5.85. The molecular formula is C13H11ClF2N2. The van der Waals surface area contributed by atoms with Crippen molar-refractivity contribution in [3.8, 4) is 11.3 Å². The number of aromatic nitrogens is 2. The van der Waals surface area contributed by atoms with Gasteiger partial charge in [0, 0.05) is 12.0 Å². The minimum Gasteiger partial charge on any atom is -0.232 e. The summed E-state index contributed by atoms with van der Waals surface area (Å²) in [6.07, 6.45) is 0. The molecule has 0 atom stereocenters. The minimum absolute atomic E-state index is 0.0253. The summed E-state index contributed by atoms with van der Waals surface area (Å²) in [6.45, 7) is 3.76. The third-order valence-corrected chi connectivity index (χ3v) is 2.64. The molecule has 2 rings (SSSR count). The molecule has 1 aromatic carbocycles. The van der Waals surface area contributed by atoms with Crippen molar-refractivity contribution in [1.82, 2.24) is 9.97 Å². The van der Waals surface area contributed by atoms with Gasteiger partial charge in [0.25, 0.3) is 0 Å². The normalized spacial score (nSPS) is 11.0. The molecule has 5 heteroatoms.